The average molecular weight is 555 g/mol. The molecule has 0 fully saturated rings. The number of dihydropyridines is 1. The lowest BCUT2D eigenvalue weighted by Gasteiger charge is -2.35. The molecule has 4 heteroatoms. The van der Waals surface area contributed by atoms with Crippen molar-refractivity contribution in [3.8, 4) is 0 Å². The van der Waals surface area contributed by atoms with Gasteiger partial charge in [0.2, 0.25) is 0 Å². The van der Waals surface area contributed by atoms with Crippen LogP contribution in [0.2, 0.25) is 0 Å². The lowest BCUT2D eigenvalue weighted by Crippen LogP contribution is -2.29. The van der Waals surface area contributed by atoms with E-state index in [-0.39, 0.29) is 12.0 Å². The molecular weight excluding hydrogens is 524 g/mol. The van der Waals surface area contributed by atoms with Gasteiger partial charge in [-0.05, 0) is 58.6 Å². The van der Waals surface area contributed by atoms with E-state index in [2.05, 4.69) is 138 Å². The molecule has 6 aromatic rings. The first-order chi connectivity index (χ1) is 21.1. The van der Waals surface area contributed by atoms with Crippen molar-refractivity contribution in [1.82, 2.24) is 4.57 Å². The van der Waals surface area contributed by atoms with Crippen LogP contribution in [0.3, 0.4) is 0 Å². The fraction of sp³-hybridized carbons (Fsp3) is 0.128. The molecule has 0 saturated heterocycles. The van der Waals surface area contributed by atoms with Gasteiger partial charge in [-0.2, -0.15) is 4.57 Å². The van der Waals surface area contributed by atoms with Gasteiger partial charge in [0, 0.05) is 28.5 Å². The molecule has 0 bridgehead atoms. The number of benzene rings is 5. The molecule has 1 aromatic heterocycles. The van der Waals surface area contributed by atoms with E-state index in [0.717, 1.165) is 17.0 Å². The molecule has 0 amide bonds. The summed E-state index contributed by atoms with van der Waals surface area (Å²) in [6.07, 6.45) is 6.41. The maximum absolute atomic E-state index is 5.32. The monoisotopic (exact) mass is 554 g/mol. The summed E-state index contributed by atoms with van der Waals surface area (Å²) < 4.78 is 4.60. The summed E-state index contributed by atoms with van der Waals surface area (Å²) >= 11 is 0. The maximum atomic E-state index is 5.32. The third-order valence-electron chi connectivity index (χ3n) is 9.67. The van der Waals surface area contributed by atoms with Gasteiger partial charge in [0.25, 0.3) is 5.84 Å². The Hall–Kier alpha value is -5.22. The van der Waals surface area contributed by atoms with Crippen molar-refractivity contribution >= 4 is 44.6 Å². The molecule has 3 unspecified atom stereocenters. The molecule has 0 spiro atoms. The molecule has 3 heterocycles. The highest BCUT2D eigenvalue weighted by Crippen LogP contribution is 2.53. The molecular formula is C39H30N4. The van der Waals surface area contributed by atoms with Crippen molar-refractivity contribution in [1.29, 1.82) is 0 Å². The number of hydrogen-bond donors (Lipinski definition) is 0. The number of nitrogens with zero attached hydrogens (tertiary/aromatic N) is 4. The van der Waals surface area contributed by atoms with Crippen LogP contribution >= 0.6 is 0 Å². The SMILES string of the molecule is C=C1C(n2c3cccc4c3c3c5c(cccc5ccc32)C2C=CC=NC42C)=[N+](Cc2ccccc2)[N-]C1c1ccccc1. The molecule has 2 aliphatic heterocycles. The second-order valence-corrected chi connectivity index (χ2v) is 12.0. The van der Waals surface area contributed by atoms with Gasteiger partial charge in [-0.25, -0.2) is 0 Å². The summed E-state index contributed by atoms with van der Waals surface area (Å²) in [5.74, 6) is 1.18. The Morgan fingerprint density at radius 2 is 1.58 bits per heavy atom. The first-order valence-corrected chi connectivity index (χ1v) is 15.0. The van der Waals surface area contributed by atoms with Crippen molar-refractivity contribution in [3.05, 3.63) is 161 Å². The van der Waals surface area contributed by atoms with E-state index >= 15 is 0 Å². The van der Waals surface area contributed by atoms with Crippen molar-refractivity contribution in [3.63, 3.8) is 0 Å². The second-order valence-electron chi connectivity index (χ2n) is 12.0. The highest BCUT2D eigenvalue weighted by atomic mass is 15.5. The predicted molar refractivity (Wildman–Crippen MR) is 177 cm³/mol. The number of hydrogen-bond acceptors (Lipinski definition) is 1. The molecule has 1 aliphatic carbocycles. The van der Waals surface area contributed by atoms with Gasteiger partial charge >= 0.3 is 0 Å². The molecule has 3 atom stereocenters. The average Bonchev–Trinajstić information content (AvgIpc) is 3.51. The van der Waals surface area contributed by atoms with Gasteiger partial charge in [0.1, 0.15) is 17.6 Å². The zero-order chi connectivity index (χ0) is 28.7. The summed E-state index contributed by atoms with van der Waals surface area (Å²) in [7, 11) is 0. The highest BCUT2D eigenvalue weighted by molar-refractivity contribution is 6.27. The Kier molecular flexibility index (Phi) is 5.04. The molecule has 43 heavy (non-hydrogen) atoms. The Morgan fingerprint density at radius 1 is 0.814 bits per heavy atom. The van der Waals surface area contributed by atoms with Gasteiger partial charge in [0.15, 0.2) is 0 Å². The molecule has 0 saturated carbocycles. The van der Waals surface area contributed by atoms with Crippen molar-refractivity contribution in [2.24, 2.45) is 4.99 Å². The fourth-order valence-corrected chi connectivity index (χ4v) is 7.72. The lowest BCUT2D eigenvalue weighted by molar-refractivity contribution is -0.493. The second kappa shape index (κ2) is 8.89. The molecule has 0 N–H and O–H groups in total. The van der Waals surface area contributed by atoms with E-state index in [1.807, 2.05) is 6.21 Å². The molecule has 3 aliphatic rings. The van der Waals surface area contributed by atoms with Crippen LogP contribution in [0.25, 0.3) is 38.0 Å². The molecule has 5 aromatic carbocycles. The highest BCUT2D eigenvalue weighted by Gasteiger charge is 2.43. The van der Waals surface area contributed by atoms with Crippen LogP contribution in [0.15, 0.2) is 138 Å². The van der Waals surface area contributed by atoms with E-state index in [0.29, 0.717) is 6.54 Å². The zero-order valence-electron chi connectivity index (χ0n) is 24.0. The summed E-state index contributed by atoms with van der Waals surface area (Å²) in [6, 6.07) is 39.0. The minimum atomic E-state index is -0.418. The smallest absolute Gasteiger partial charge is 0.275 e. The Labute approximate surface area is 250 Å². The Bertz CT molecular complexity index is 2220. The normalized spacial score (nSPS) is 22.2. The topological polar surface area (TPSA) is 34.4 Å². The van der Waals surface area contributed by atoms with Gasteiger partial charge in [0.05, 0.1) is 5.54 Å². The van der Waals surface area contributed by atoms with E-state index in [1.54, 1.807) is 0 Å². The first-order valence-electron chi connectivity index (χ1n) is 15.0. The zero-order valence-corrected chi connectivity index (χ0v) is 24.0. The Morgan fingerprint density at radius 3 is 2.42 bits per heavy atom. The third-order valence-corrected chi connectivity index (χ3v) is 9.67. The number of rotatable bonds is 3. The maximum Gasteiger partial charge on any atom is 0.275 e. The quantitative estimate of drug-likeness (QED) is 0.196. The lowest BCUT2D eigenvalue weighted by atomic mass is 9.75. The molecule has 206 valence electrons. The predicted octanol–water partition coefficient (Wildman–Crippen LogP) is 8.96. The van der Waals surface area contributed by atoms with Gasteiger partial charge < -0.3 is 10.1 Å². The van der Waals surface area contributed by atoms with Gasteiger partial charge in [-0.1, -0.05) is 115 Å². The summed E-state index contributed by atoms with van der Waals surface area (Å²) in [5.41, 5.74) is 13.2. The van der Waals surface area contributed by atoms with E-state index < -0.39 is 5.54 Å². The van der Waals surface area contributed by atoms with Gasteiger partial charge in [-0.3, -0.25) is 4.99 Å². The van der Waals surface area contributed by atoms with Crippen LogP contribution in [-0.4, -0.2) is 21.3 Å². The van der Waals surface area contributed by atoms with E-state index in [4.69, 9.17) is 17.0 Å². The number of aromatic nitrogens is 1. The van der Waals surface area contributed by atoms with Crippen molar-refractivity contribution < 1.29 is 4.68 Å². The Balaban J connectivity index is 1.40. The number of aliphatic imine (C=N–C) groups is 1. The van der Waals surface area contributed by atoms with Crippen molar-refractivity contribution in [2.45, 2.75) is 31.0 Å². The summed E-state index contributed by atoms with van der Waals surface area (Å²) in [6.45, 7) is 7.68. The molecule has 9 rings (SSSR count). The van der Waals surface area contributed by atoms with Crippen LogP contribution in [0.5, 0.6) is 0 Å². The van der Waals surface area contributed by atoms with E-state index in [9.17, 15) is 0 Å². The minimum Gasteiger partial charge on any atom is -0.515 e. The standard InChI is InChI=1S/C39H30N4/c1-25-37(28-14-7-4-8-15-28)41-42(24-26-12-5-3-6-13-26)38(25)43-32-20-10-18-31-35(32)36-33(43)22-21-27-16-9-17-29(34(27)36)30-19-11-23-40-39(30,31)2/h3-23,30,37H,1,24H2,2H3. The third kappa shape index (κ3) is 3.32. The van der Waals surface area contributed by atoms with Crippen molar-refractivity contribution in [2.75, 3.05) is 0 Å². The fourth-order valence-electron chi connectivity index (χ4n) is 7.72. The summed E-state index contributed by atoms with van der Waals surface area (Å²) in [5, 5.41) is 5.15. The van der Waals surface area contributed by atoms with Crippen LogP contribution in [0.4, 0.5) is 0 Å². The minimum absolute atomic E-state index is 0.152. The number of allylic oxidation sites excluding steroid dienone is 1. The van der Waals surface area contributed by atoms with E-state index in [1.165, 1.54) is 49.3 Å². The number of fused-ring (bicyclic) bond motifs is 3. The molecule has 0 radical (unpaired) electrons. The summed E-state index contributed by atoms with van der Waals surface area (Å²) in [4.78, 5) is 5.20. The van der Waals surface area contributed by atoms with Gasteiger partial charge in [-0.15, -0.1) is 0 Å². The van der Waals surface area contributed by atoms with Crippen LogP contribution < -0.4 is 0 Å². The van der Waals surface area contributed by atoms with Crippen LogP contribution in [0.1, 0.15) is 41.1 Å². The largest absolute Gasteiger partial charge is 0.515 e. The van der Waals surface area contributed by atoms with Crippen LogP contribution in [0, 0.1) is 0 Å². The van der Waals surface area contributed by atoms with Crippen LogP contribution in [-0.2, 0) is 12.1 Å². The molecule has 4 nitrogen and oxygen atoms in total. The first kappa shape index (κ1) is 24.4.